The summed E-state index contributed by atoms with van der Waals surface area (Å²) < 4.78 is 11.1. The molecule has 0 spiro atoms. The summed E-state index contributed by atoms with van der Waals surface area (Å²) in [7, 11) is 0. The Labute approximate surface area is 118 Å². The molecule has 108 valence electrons. The fourth-order valence-electron chi connectivity index (χ4n) is 3.42. The van der Waals surface area contributed by atoms with Gasteiger partial charge in [-0.05, 0) is 17.7 Å². The maximum atomic E-state index is 10.7. The van der Waals surface area contributed by atoms with E-state index in [2.05, 4.69) is 9.80 Å². The molecular weight excluding hydrogens is 256 g/mol. The van der Waals surface area contributed by atoms with Crippen LogP contribution < -0.4 is 9.47 Å². The first kappa shape index (κ1) is 12.4. The molecule has 5 nitrogen and oxygen atoms in total. The second-order valence-electron chi connectivity index (χ2n) is 5.75. The van der Waals surface area contributed by atoms with E-state index in [1.807, 2.05) is 18.2 Å². The van der Waals surface area contributed by atoms with Crippen LogP contribution in [0, 0.1) is 0 Å². The van der Waals surface area contributed by atoms with E-state index in [4.69, 9.17) is 9.47 Å². The van der Waals surface area contributed by atoms with Gasteiger partial charge < -0.3 is 14.6 Å². The first-order valence-corrected chi connectivity index (χ1v) is 7.35. The number of hydrogen-bond donors (Lipinski definition) is 1. The SMILES string of the molecule is OC(c1ccc2c(c1)OCCO2)C1CN2CCN1CC2. The summed E-state index contributed by atoms with van der Waals surface area (Å²) in [6.45, 7) is 6.51. The van der Waals surface area contributed by atoms with Crippen LogP contribution in [0.2, 0.25) is 0 Å². The van der Waals surface area contributed by atoms with Crippen LogP contribution in [0.1, 0.15) is 11.7 Å². The highest BCUT2D eigenvalue weighted by molar-refractivity contribution is 5.44. The molecule has 20 heavy (non-hydrogen) atoms. The summed E-state index contributed by atoms with van der Waals surface area (Å²) >= 11 is 0. The molecule has 3 saturated heterocycles. The molecule has 0 amide bonds. The maximum Gasteiger partial charge on any atom is 0.161 e. The second-order valence-corrected chi connectivity index (χ2v) is 5.75. The monoisotopic (exact) mass is 276 g/mol. The molecule has 5 rings (SSSR count). The quantitative estimate of drug-likeness (QED) is 0.852. The molecule has 1 aromatic carbocycles. The minimum Gasteiger partial charge on any atom is -0.486 e. The Bertz CT molecular complexity index is 500. The number of rotatable bonds is 2. The highest BCUT2D eigenvalue weighted by atomic mass is 16.6. The van der Waals surface area contributed by atoms with Crippen molar-refractivity contribution in [3.8, 4) is 11.5 Å². The van der Waals surface area contributed by atoms with Gasteiger partial charge in [0.05, 0.1) is 12.1 Å². The zero-order valence-electron chi connectivity index (χ0n) is 11.5. The van der Waals surface area contributed by atoms with E-state index >= 15 is 0 Å². The number of ether oxygens (including phenoxy) is 2. The third-order valence-corrected chi connectivity index (χ3v) is 4.59. The average Bonchev–Trinajstić information content (AvgIpc) is 2.54. The first-order chi connectivity index (χ1) is 9.81. The van der Waals surface area contributed by atoms with E-state index in [-0.39, 0.29) is 6.04 Å². The van der Waals surface area contributed by atoms with Crippen molar-refractivity contribution in [2.45, 2.75) is 12.1 Å². The zero-order chi connectivity index (χ0) is 13.5. The molecule has 0 saturated carbocycles. The molecule has 2 unspecified atom stereocenters. The largest absolute Gasteiger partial charge is 0.486 e. The minimum absolute atomic E-state index is 0.194. The van der Waals surface area contributed by atoms with Crippen LogP contribution in [0.3, 0.4) is 0 Å². The Balaban J connectivity index is 1.57. The van der Waals surface area contributed by atoms with E-state index in [9.17, 15) is 5.11 Å². The van der Waals surface area contributed by atoms with Crippen molar-refractivity contribution in [3.63, 3.8) is 0 Å². The summed E-state index contributed by atoms with van der Waals surface area (Å²) in [6.07, 6.45) is -0.464. The number of fused-ring (bicyclic) bond motifs is 4. The standard InChI is InChI=1S/C15H20N2O3/c18-15(12-10-16-3-5-17(12)6-4-16)11-1-2-13-14(9-11)20-8-7-19-13/h1-2,9,12,15,18H,3-8,10H2. The van der Waals surface area contributed by atoms with Gasteiger partial charge in [-0.1, -0.05) is 6.07 Å². The molecule has 0 aliphatic carbocycles. The summed E-state index contributed by atoms with van der Waals surface area (Å²) in [4.78, 5) is 4.84. The normalized spacial score (nSPS) is 33.0. The van der Waals surface area contributed by atoms with Gasteiger partial charge in [-0.2, -0.15) is 0 Å². The lowest BCUT2D eigenvalue weighted by Crippen LogP contribution is -2.62. The summed E-state index contributed by atoms with van der Waals surface area (Å²) in [5.74, 6) is 1.53. The van der Waals surface area contributed by atoms with E-state index in [1.54, 1.807) is 0 Å². The molecule has 1 N–H and O–H groups in total. The molecule has 5 heteroatoms. The molecule has 4 aliphatic rings. The van der Waals surface area contributed by atoms with E-state index < -0.39 is 6.10 Å². The molecule has 3 fully saturated rings. The van der Waals surface area contributed by atoms with Crippen LogP contribution in [0.15, 0.2) is 18.2 Å². The lowest BCUT2D eigenvalue weighted by molar-refractivity contribution is -0.0471. The summed E-state index contributed by atoms with van der Waals surface area (Å²) in [5, 5.41) is 10.7. The van der Waals surface area contributed by atoms with Gasteiger partial charge >= 0.3 is 0 Å². The van der Waals surface area contributed by atoms with Crippen LogP contribution in [-0.2, 0) is 0 Å². The zero-order valence-corrected chi connectivity index (χ0v) is 11.5. The van der Waals surface area contributed by atoms with Gasteiger partial charge in [0, 0.05) is 32.7 Å². The Kier molecular flexibility index (Phi) is 3.06. The predicted octanol–water partition coefficient (Wildman–Crippen LogP) is 0.491. The first-order valence-electron chi connectivity index (χ1n) is 7.35. The van der Waals surface area contributed by atoms with Crippen molar-refractivity contribution in [3.05, 3.63) is 23.8 Å². The van der Waals surface area contributed by atoms with Crippen LogP contribution in [0.25, 0.3) is 0 Å². The van der Waals surface area contributed by atoms with Gasteiger partial charge in [-0.15, -0.1) is 0 Å². The lowest BCUT2D eigenvalue weighted by Gasteiger charge is -2.49. The van der Waals surface area contributed by atoms with Crippen LogP contribution >= 0.6 is 0 Å². The fourth-order valence-corrected chi connectivity index (χ4v) is 3.42. The van der Waals surface area contributed by atoms with E-state index in [1.165, 1.54) is 0 Å². The van der Waals surface area contributed by atoms with Crippen molar-refractivity contribution < 1.29 is 14.6 Å². The lowest BCUT2D eigenvalue weighted by atomic mass is 9.96. The van der Waals surface area contributed by atoms with Crippen molar-refractivity contribution in [1.82, 2.24) is 9.80 Å². The minimum atomic E-state index is -0.464. The number of aliphatic hydroxyl groups is 1. The van der Waals surface area contributed by atoms with Gasteiger partial charge in [0.25, 0.3) is 0 Å². The Morgan fingerprint density at radius 2 is 1.80 bits per heavy atom. The van der Waals surface area contributed by atoms with Gasteiger partial charge in [-0.3, -0.25) is 9.80 Å². The fraction of sp³-hybridized carbons (Fsp3) is 0.600. The molecule has 0 aromatic heterocycles. The average molecular weight is 276 g/mol. The highest BCUT2D eigenvalue weighted by Gasteiger charge is 2.36. The molecule has 2 bridgehead atoms. The number of nitrogens with zero attached hydrogens (tertiary/aromatic N) is 2. The van der Waals surface area contributed by atoms with E-state index in [0.29, 0.717) is 13.2 Å². The van der Waals surface area contributed by atoms with Crippen LogP contribution in [-0.4, -0.2) is 66.9 Å². The van der Waals surface area contributed by atoms with Gasteiger partial charge in [-0.25, -0.2) is 0 Å². The second kappa shape index (κ2) is 4.91. The van der Waals surface area contributed by atoms with Gasteiger partial charge in [0.2, 0.25) is 0 Å². The third-order valence-electron chi connectivity index (χ3n) is 4.59. The van der Waals surface area contributed by atoms with Crippen molar-refractivity contribution >= 4 is 0 Å². The number of aliphatic hydroxyl groups excluding tert-OH is 1. The number of benzene rings is 1. The van der Waals surface area contributed by atoms with Crippen molar-refractivity contribution in [2.24, 2.45) is 0 Å². The predicted molar refractivity (Wildman–Crippen MR) is 74.2 cm³/mol. The topological polar surface area (TPSA) is 45.2 Å². The highest BCUT2D eigenvalue weighted by Crippen LogP contribution is 2.35. The van der Waals surface area contributed by atoms with Crippen LogP contribution in [0.5, 0.6) is 11.5 Å². The molecule has 2 atom stereocenters. The third kappa shape index (κ3) is 2.06. The Morgan fingerprint density at radius 1 is 1.05 bits per heavy atom. The maximum absolute atomic E-state index is 10.7. The molecular formula is C15H20N2O3. The number of piperazine rings is 3. The van der Waals surface area contributed by atoms with Gasteiger partial charge in [0.1, 0.15) is 13.2 Å². The smallest absolute Gasteiger partial charge is 0.161 e. The van der Waals surface area contributed by atoms with E-state index in [0.717, 1.165) is 49.8 Å². The number of hydrogen-bond acceptors (Lipinski definition) is 5. The summed E-state index contributed by atoms with van der Waals surface area (Å²) in [5.41, 5.74) is 0.924. The Morgan fingerprint density at radius 3 is 2.50 bits per heavy atom. The summed E-state index contributed by atoms with van der Waals surface area (Å²) in [6, 6.07) is 5.98. The molecule has 1 aromatic rings. The molecule has 4 aliphatic heterocycles. The van der Waals surface area contributed by atoms with Crippen molar-refractivity contribution in [1.29, 1.82) is 0 Å². The van der Waals surface area contributed by atoms with Gasteiger partial charge in [0.15, 0.2) is 11.5 Å². The van der Waals surface area contributed by atoms with Crippen molar-refractivity contribution in [2.75, 3.05) is 45.9 Å². The van der Waals surface area contributed by atoms with Crippen LogP contribution in [0.4, 0.5) is 0 Å². The Hall–Kier alpha value is -1.30. The molecule has 4 heterocycles. The molecule has 0 radical (unpaired) electrons.